The Morgan fingerprint density at radius 3 is 1.08 bits per heavy atom. The molecule has 17 heteroatoms. The van der Waals surface area contributed by atoms with Gasteiger partial charge in [0, 0.05) is 12.0 Å². The second kappa shape index (κ2) is 74.6. The van der Waals surface area contributed by atoms with Crippen molar-refractivity contribution in [1.82, 2.24) is 0 Å². The van der Waals surface area contributed by atoms with Gasteiger partial charge in [-0.3, -0.25) is 28.8 Å². The molecule has 17 nitrogen and oxygen atoms in total. The molecule has 2 aliphatic heterocycles. The maximum atomic E-state index is 11.3. The zero-order valence-corrected chi connectivity index (χ0v) is 80.0. The molecule has 0 aliphatic carbocycles. The van der Waals surface area contributed by atoms with Crippen LogP contribution < -0.4 is 9.47 Å². The summed E-state index contributed by atoms with van der Waals surface area (Å²) in [5.74, 6) is 1.49. The van der Waals surface area contributed by atoms with E-state index < -0.39 is 0 Å². The second-order valence-corrected chi connectivity index (χ2v) is 30.7. The van der Waals surface area contributed by atoms with Crippen LogP contribution in [0, 0.1) is 33.5 Å². The van der Waals surface area contributed by atoms with Crippen molar-refractivity contribution in [2.24, 2.45) is 33.5 Å². The smallest absolute Gasteiger partial charge is 0.314 e. The van der Waals surface area contributed by atoms with Gasteiger partial charge in [0.05, 0.1) is 99.6 Å². The van der Waals surface area contributed by atoms with Crippen LogP contribution in [0.2, 0.25) is 0 Å². The maximum absolute atomic E-state index is 11.3. The number of methoxy groups -OCH3 is 4. The summed E-state index contributed by atoms with van der Waals surface area (Å²) in [6.45, 7) is 68.0. The lowest BCUT2D eigenvalue weighted by Crippen LogP contribution is -2.37. The largest absolute Gasteiger partial charge is 0.494 e. The summed E-state index contributed by atoms with van der Waals surface area (Å²) in [5, 5.41) is 0. The Balaban J connectivity index is -0.000000297. The predicted octanol–water partition coefficient (Wildman–Crippen LogP) is 26.6. The standard InChI is InChI=1S/C14H20O2.C13H18O2.C12H18O.C11H14O2.C8H8.5C7H14O2.3C3H6/c1-3-13-9-11(2)15-14(16-13)10-12-7-5-4-6-8-12;1-3-12-9-10(2)14-13(15-12)11-7-5-4-6-8-11;1-4-10(3)11-6-8-12(9-7-11)13-5-2;1-3-9(2)11(12)13-10-7-5-4-6-8-10;1-2-8-6-4-3-5-7-8;4*1-5-7(2,3)6(8)9-4;1-4-6(3)7(8)9-5-2;3*1-3-2/h4-8,11,13-14H,3,9-10H2,1-2H3;4-8,10,12-13H,3,9H2,1-2H3;6-10H,4-5H2,1-3H3;4-9H,3H2,1-2H3;2-7H,1H2;4*5H2,1-4H3;6H,4-5H2,1-3H3;3*3H,1H2,2H3. The molecule has 676 valence electrons. The van der Waals surface area contributed by atoms with Gasteiger partial charge in [-0.2, -0.15) is 0 Å². The van der Waals surface area contributed by atoms with E-state index in [0.717, 1.165) is 88.5 Å². The van der Waals surface area contributed by atoms with Gasteiger partial charge in [-0.1, -0.05) is 235 Å². The fourth-order valence-corrected chi connectivity index (χ4v) is 8.97. The molecule has 0 bridgehead atoms. The minimum absolute atomic E-state index is 0.0276. The van der Waals surface area contributed by atoms with E-state index in [4.69, 9.17) is 33.2 Å². The highest BCUT2D eigenvalue weighted by molar-refractivity contribution is 5.77. The SMILES string of the molecule is C=CC.C=CC.C=CC.C=Cc1ccccc1.CCC(C)(C)C(=O)OC.CCC(C)(C)C(=O)OC.CCC(C)(C)C(=O)OC.CCC(C)(C)C(=O)OC.CCC(C)C(=O)Oc1ccccc1.CCC1CC(C)OC(Cc2ccccc2)O1.CCC1CC(C)OC(c2ccccc2)O1.CCOC(=O)C(C)CC.CCOc1ccc(C(C)CC)cc1. The van der Waals surface area contributed by atoms with Gasteiger partial charge >= 0.3 is 35.8 Å². The molecule has 2 heterocycles. The molecule has 9 unspecified atom stereocenters. The van der Waals surface area contributed by atoms with Gasteiger partial charge in [0.15, 0.2) is 12.6 Å². The molecule has 7 rings (SSSR count). The van der Waals surface area contributed by atoms with Crippen LogP contribution in [-0.4, -0.2) is 108 Å². The number of ether oxygens (including phenoxy) is 11. The Labute approximate surface area is 724 Å². The van der Waals surface area contributed by atoms with Gasteiger partial charge in [0.2, 0.25) is 0 Å². The first-order chi connectivity index (χ1) is 56.1. The molecular formula is C102H166O17. The number of hydrogen-bond donors (Lipinski definition) is 0. The quantitative estimate of drug-likeness (QED) is 0.0244. The fourth-order valence-electron chi connectivity index (χ4n) is 8.97. The molecule has 2 saturated heterocycles. The second-order valence-electron chi connectivity index (χ2n) is 30.7. The Hall–Kier alpha value is -8.48. The Kier molecular flexibility index (Phi) is 76.0. The minimum Gasteiger partial charge on any atom is -0.494 e. The van der Waals surface area contributed by atoms with Gasteiger partial charge in [0.25, 0.3) is 0 Å². The van der Waals surface area contributed by atoms with Crippen molar-refractivity contribution in [1.29, 1.82) is 0 Å². The molecule has 5 aromatic carbocycles. The number of carbonyl (C=O) groups excluding carboxylic acids is 6. The van der Waals surface area contributed by atoms with E-state index in [1.807, 2.05) is 236 Å². The van der Waals surface area contributed by atoms with E-state index in [9.17, 15) is 28.8 Å². The van der Waals surface area contributed by atoms with E-state index in [2.05, 4.69) is 135 Å². The van der Waals surface area contributed by atoms with E-state index >= 15 is 0 Å². The minimum atomic E-state index is -0.311. The molecule has 0 spiro atoms. The van der Waals surface area contributed by atoms with Crippen molar-refractivity contribution >= 4 is 41.9 Å². The van der Waals surface area contributed by atoms with Crippen LogP contribution in [0.1, 0.15) is 292 Å². The van der Waals surface area contributed by atoms with Crippen molar-refractivity contribution in [2.45, 2.75) is 307 Å². The summed E-state index contributed by atoms with van der Waals surface area (Å²) in [6.07, 6.45) is 19.2. The van der Waals surface area contributed by atoms with E-state index in [1.165, 1.54) is 51.6 Å². The van der Waals surface area contributed by atoms with Crippen molar-refractivity contribution in [3.05, 3.63) is 212 Å². The molecule has 0 aromatic heterocycles. The Bertz CT molecular complexity index is 3190. The van der Waals surface area contributed by atoms with Crippen molar-refractivity contribution in [3.8, 4) is 11.5 Å². The third-order valence-electron chi connectivity index (χ3n) is 19.0. The van der Waals surface area contributed by atoms with Gasteiger partial charge in [-0.25, -0.2) is 0 Å². The van der Waals surface area contributed by atoms with Crippen molar-refractivity contribution in [3.63, 3.8) is 0 Å². The normalized spacial score (nSPS) is 16.0. The third-order valence-corrected chi connectivity index (χ3v) is 19.0. The highest BCUT2D eigenvalue weighted by Crippen LogP contribution is 2.31. The average molecular weight is 1660 g/mol. The van der Waals surface area contributed by atoms with Gasteiger partial charge in [0.1, 0.15) is 11.5 Å². The zero-order valence-electron chi connectivity index (χ0n) is 80.0. The van der Waals surface area contributed by atoms with Gasteiger partial charge in [-0.15, -0.1) is 19.7 Å². The molecule has 119 heavy (non-hydrogen) atoms. The monoisotopic (exact) mass is 1660 g/mol. The summed E-state index contributed by atoms with van der Waals surface area (Å²) < 4.78 is 56.9. The Morgan fingerprint density at radius 2 is 0.773 bits per heavy atom. The molecule has 5 aromatic rings. The van der Waals surface area contributed by atoms with Crippen LogP contribution >= 0.6 is 0 Å². The lowest BCUT2D eigenvalue weighted by Gasteiger charge is -2.34. The average Bonchev–Trinajstić information content (AvgIpc) is 0.837. The van der Waals surface area contributed by atoms with Crippen molar-refractivity contribution in [2.75, 3.05) is 41.7 Å². The lowest BCUT2D eigenvalue weighted by atomic mass is 9.91. The first kappa shape index (κ1) is 121. The molecule has 9 atom stereocenters. The third kappa shape index (κ3) is 61.5. The summed E-state index contributed by atoms with van der Waals surface area (Å²) in [4.78, 5) is 65.4. The topological polar surface area (TPSA) is 204 Å². The number of allylic oxidation sites excluding steroid dienone is 3. The number of hydrogen-bond acceptors (Lipinski definition) is 17. The van der Waals surface area contributed by atoms with E-state index in [-0.39, 0.29) is 88.0 Å². The molecule has 2 aliphatic rings. The first-order valence-electron chi connectivity index (χ1n) is 42.7. The molecule has 0 saturated carbocycles. The Morgan fingerprint density at radius 1 is 0.429 bits per heavy atom. The molecule has 2 fully saturated rings. The number of rotatable bonds is 24. The van der Waals surface area contributed by atoms with E-state index in [1.54, 1.807) is 30.4 Å². The molecule has 0 N–H and O–H groups in total. The highest BCUT2D eigenvalue weighted by Gasteiger charge is 2.31. The summed E-state index contributed by atoms with van der Waals surface area (Å²) in [5.41, 5.74) is 3.71. The van der Waals surface area contributed by atoms with Gasteiger partial charge < -0.3 is 52.1 Å². The number of esters is 6. The van der Waals surface area contributed by atoms with Crippen molar-refractivity contribution < 1.29 is 80.9 Å². The molecule has 0 amide bonds. The first-order valence-corrected chi connectivity index (χ1v) is 42.7. The fraction of sp³-hybridized carbons (Fsp3) is 0.569. The molecule has 0 radical (unpaired) electrons. The van der Waals surface area contributed by atoms with Crippen LogP contribution in [0.3, 0.4) is 0 Å². The van der Waals surface area contributed by atoms with Crippen LogP contribution in [0.5, 0.6) is 11.5 Å². The number of para-hydroxylation sites is 1. The van der Waals surface area contributed by atoms with Crippen LogP contribution in [-0.2, 0) is 77.8 Å². The van der Waals surface area contributed by atoms with Crippen LogP contribution in [0.25, 0.3) is 6.08 Å². The molecular weight excluding hydrogens is 1500 g/mol. The zero-order chi connectivity index (χ0) is 92.6. The summed E-state index contributed by atoms with van der Waals surface area (Å²) >= 11 is 0. The predicted molar refractivity (Wildman–Crippen MR) is 496 cm³/mol. The van der Waals surface area contributed by atoms with Gasteiger partial charge in [-0.05, 0) is 221 Å². The summed E-state index contributed by atoms with van der Waals surface area (Å²) in [7, 11) is 5.67. The summed E-state index contributed by atoms with van der Waals surface area (Å²) in [6, 6.07) is 48.1. The number of benzene rings is 5. The lowest BCUT2D eigenvalue weighted by molar-refractivity contribution is -0.243. The van der Waals surface area contributed by atoms with Crippen LogP contribution in [0.15, 0.2) is 190 Å². The highest BCUT2D eigenvalue weighted by atomic mass is 16.7. The number of carbonyl (C=O) groups is 6. The maximum Gasteiger partial charge on any atom is 0.314 e. The van der Waals surface area contributed by atoms with Crippen LogP contribution in [0.4, 0.5) is 0 Å². The van der Waals surface area contributed by atoms with E-state index in [0.29, 0.717) is 36.6 Å².